The van der Waals surface area contributed by atoms with Gasteiger partial charge in [-0.2, -0.15) is 0 Å². The molecule has 64 valence electrons. The van der Waals surface area contributed by atoms with Gasteiger partial charge in [0, 0.05) is 5.92 Å². The van der Waals surface area contributed by atoms with Crippen molar-refractivity contribution in [3.05, 3.63) is 0 Å². The fourth-order valence-electron chi connectivity index (χ4n) is 1.15. The van der Waals surface area contributed by atoms with Gasteiger partial charge in [-0.05, 0) is 19.3 Å². The van der Waals surface area contributed by atoms with E-state index in [2.05, 4.69) is 6.92 Å². The fourth-order valence-corrected chi connectivity index (χ4v) is 1.48. The van der Waals surface area contributed by atoms with Crippen LogP contribution in [0.3, 0.4) is 0 Å². The Hall–Kier alpha value is -0.0400. The molecule has 1 unspecified atom stereocenters. The van der Waals surface area contributed by atoms with E-state index < -0.39 is 0 Å². The highest BCUT2D eigenvalue weighted by atomic mass is 35.5. The van der Waals surface area contributed by atoms with Crippen LogP contribution in [0.1, 0.15) is 39.0 Å². The van der Waals surface area contributed by atoms with E-state index >= 15 is 0 Å². The molecular formula is C9H15ClO. The maximum absolute atomic E-state index is 11.3. The Morgan fingerprint density at radius 2 is 2.27 bits per heavy atom. The number of unbranched alkanes of at least 4 members (excludes halogenated alkanes) is 1. The van der Waals surface area contributed by atoms with Gasteiger partial charge >= 0.3 is 0 Å². The van der Waals surface area contributed by atoms with Gasteiger partial charge in [-0.1, -0.05) is 19.8 Å². The zero-order valence-corrected chi connectivity index (χ0v) is 7.73. The summed E-state index contributed by atoms with van der Waals surface area (Å²) >= 11 is 5.90. The van der Waals surface area contributed by atoms with E-state index in [0.29, 0.717) is 11.7 Å². The molecular weight excluding hydrogens is 160 g/mol. The topological polar surface area (TPSA) is 17.1 Å². The van der Waals surface area contributed by atoms with Gasteiger partial charge in [0.1, 0.15) is 0 Å². The summed E-state index contributed by atoms with van der Waals surface area (Å²) in [6, 6.07) is 0. The number of rotatable bonds is 5. The molecule has 0 N–H and O–H groups in total. The van der Waals surface area contributed by atoms with Gasteiger partial charge in [0.05, 0.1) is 5.38 Å². The zero-order chi connectivity index (χ0) is 8.27. The van der Waals surface area contributed by atoms with Crippen LogP contribution in [0.4, 0.5) is 0 Å². The van der Waals surface area contributed by atoms with Crippen LogP contribution in [0.25, 0.3) is 0 Å². The summed E-state index contributed by atoms with van der Waals surface area (Å²) in [5.41, 5.74) is 0. The molecule has 0 spiro atoms. The lowest BCUT2D eigenvalue weighted by atomic mass is 10.1. The predicted molar refractivity (Wildman–Crippen MR) is 46.9 cm³/mol. The third-order valence-corrected chi connectivity index (χ3v) is 2.53. The van der Waals surface area contributed by atoms with Crippen molar-refractivity contribution >= 4 is 17.4 Å². The molecule has 0 saturated heterocycles. The maximum atomic E-state index is 11.3. The molecule has 0 aromatic rings. The van der Waals surface area contributed by atoms with Gasteiger partial charge in [-0.3, -0.25) is 4.79 Å². The van der Waals surface area contributed by atoms with Crippen LogP contribution in [-0.4, -0.2) is 11.2 Å². The minimum absolute atomic E-state index is 0.192. The molecule has 1 rings (SSSR count). The molecule has 1 fully saturated rings. The molecule has 0 aromatic carbocycles. The zero-order valence-electron chi connectivity index (χ0n) is 6.98. The van der Waals surface area contributed by atoms with Gasteiger partial charge in [-0.25, -0.2) is 0 Å². The molecule has 0 aromatic heterocycles. The van der Waals surface area contributed by atoms with Crippen LogP contribution in [0.5, 0.6) is 0 Å². The predicted octanol–water partition coefficient (Wildman–Crippen LogP) is 2.76. The highest BCUT2D eigenvalue weighted by Crippen LogP contribution is 2.33. The van der Waals surface area contributed by atoms with Gasteiger partial charge in [-0.15, -0.1) is 11.6 Å². The highest BCUT2D eigenvalue weighted by molar-refractivity contribution is 6.31. The Bertz CT molecular complexity index is 140. The van der Waals surface area contributed by atoms with Crippen molar-refractivity contribution in [2.24, 2.45) is 5.92 Å². The summed E-state index contributed by atoms with van der Waals surface area (Å²) in [6.45, 7) is 2.12. The second-order valence-electron chi connectivity index (χ2n) is 3.29. The van der Waals surface area contributed by atoms with Crippen molar-refractivity contribution in [2.45, 2.75) is 44.4 Å². The van der Waals surface area contributed by atoms with Gasteiger partial charge in [0.15, 0.2) is 5.78 Å². The van der Waals surface area contributed by atoms with Gasteiger partial charge < -0.3 is 0 Å². The standard InChI is InChI=1S/C9H15ClO/c1-2-3-4-8(10)9(11)7-5-6-7/h7-8H,2-6H2,1H3. The van der Waals surface area contributed by atoms with Gasteiger partial charge in [0.2, 0.25) is 0 Å². The van der Waals surface area contributed by atoms with Crippen LogP contribution in [-0.2, 0) is 4.79 Å². The average Bonchev–Trinajstić information content (AvgIpc) is 2.81. The average molecular weight is 175 g/mol. The summed E-state index contributed by atoms with van der Waals surface area (Å²) in [4.78, 5) is 11.3. The molecule has 0 aliphatic heterocycles. The molecule has 1 aliphatic rings. The monoisotopic (exact) mass is 174 g/mol. The van der Waals surface area contributed by atoms with E-state index in [1.165, 1.54) is 0 Å². The van der Waals surface area contributed by atoms with E-state index in [9.17, 15) is 4.79 Å². The molecule has 0 radical (unpaired) electrons. The van der Waals surface area contributed by atoms with Crippen molar-refractivity contribution in [3.63, 3.8) is 0 Å². The summed E-state index contributed by atoms with van der Waals surface area (Å²) in [6.07, 6.45) is 5.23. The summed E-state index contributed by atoms with van der Waals surface area (Å²) in [5, 5.41) is -0.192. The molecule has 1 atom stereocenters. The second kappa shape index (κ2) is 4.10. The second-order valence-corrected chi connectivity index (χ2v) is 3.81. The van der Waals surface area contributed by atoms with E-state index in [1.54, 1.807) is 0 Å². The molecule has 1 saturated carbocycles. The third kappa shape index (κ3) is 2.82. The first-order chi connectivity index (χ1) is 5.25. The van der Waals surface area contributed by atoms with Crippen LogP contribution < -0.4 is 0 Å². The molecule has 1 nitrogen and oxygen atoms in total. The van der Waals surface area contributed by atoms with Crippen LogP contribution in [0.2, 0.25) is 0 Å². The van der Waals surface area contributed by atoms with Crippen molar-refractivity contribution < 1.29 is 4.79 Å². The first kappa shape index (κ1) is 9.05. The number of hydrogen-bond donors (Lipinski definition) is 0. The fraction of sp³-hybridized carbons (Fsp3) is 0.889. The lowest BCUT2D eigenvalue weighted by Crippen LogP contribution is -2.15. The van der Waals surface area contributed by atoms with Crippen molar-refractivity contribution in [2.75, 3.05) is 0 Å². The number of halogens is 1. The summed E-state index contributed by atoms with van der Waals surface area (Å²) in [5.74, 6) is 0.620. The Kier molecular flexibility index (Phi) is 3.38. The number of alkyl halides is 1. The van der Waals surface area contributed by atoms with Gasteiger partial charge in [0.25, 0.3) is 0 Å². The summed E-state index contributed by atoms with van der Waals surface area (Å²) < 4.78 is 0. The Labute approximate surface area is 73.1 Å². The summed E-state index contributed by atoms with van der Waals surface area (Å²) in [7, 11) is 0. The van der Waals surface area contributed by atoms with Crippen molar-refractivity contribution in [1.82, 2.24) is 0 Å². The van der Waals surface area contributed by atoms with E-state index in [4.69, 9.17) is 11.6 Å². The highest BCUT2D eigenvalue weighted by Gasteiger charge is 2.33. The normalized spacial score (nSPS) is 19.8. The first-order valence-electron chi connectivity index (χ1n) is 4.43. The number of carbonyl (C=O) groups excluding carboxylic acids is 1. The molecule has 0 heterocycles. The minimum atomic E-state index is -0.192. The minimum Gasteiger partial charge on any atom is -0.298 e. The lowest BCUT2D eigenvalue weighted by Gasteiger charge is -2.05. The first-order valence-corrected chi connectivity index (χ1v) is 4.87. The number of carbonyl (C=O) groups is 1. The third-order valence-electron chi connectivity index (χ3n) is 2.10. The van der Waals surface area contributed by atoms with Crippen LogP contribution >= 0.6 is 11.6 Å². The van der Waals surface area contributed by atoms with E-state index in [1.807, 2.05) is 0 Å². The Morgan fingerprint density at radius 3 is 2.73 bits per heavy atom. The number of ketones is 1. The van der Waals surface area contributed by atoms with Crippen LogP contribution in [0, 0.1) is 5.92 Å². The molecule has 2 heteroatoms. The van der Waals surface area contributed by atoms with Crippen molar-refractivity contribution in [3.8, 4) is 0 Å². The largest absolute Gasteiger partial charge is 0.298 e. The van der Waals surface area contributed by atoms with E-state index in [0.717, 1.165) is 32.1 Å². The maximum Gasteiger partial charge on any atom is 0.153 e. The quantitative estimate of drug-likeness (QED) is 0.586. The molecule has 0 amide bonds. The number of Topliss-reactive ketones (excluding diaryl/α,β-unsaturated/α-hetero) is 1. The van der Waals surface area contributed by atoms with E-state index in [-0.39, 0.29) is 5.38 Å². The SMILES string of the molecule is CCCCC(Cl)C(=O)C1CC1. The molecule has 11 heavy (non-hydrogen) atoms. The van der Waals surface area contributed by atoms with Crippen LogP contribution in [0.15, 0.2) is 0 Å². The Morgan fingerprint density at radius 1 is 1.64 bits per heavy atom. The number of hydrogen-bond acceptors (Lipinski definition) is 1. The molecule has 1 aliphatic carbocycles. The Balaban J connectivity index is 2.16. The lowest BCUT2D eigenvalue weighted by molar-refractivity contribution is -0.120. The smallest absolute Gasteiger partial charge is 0.153 e. The van der Waals surface area contributed by atoms with Crippen molar-refractivity contribution in [1.29, 1.82) is 0 Å². The molecule has 0 bridgehead atoms.